The van der Waals surface area contributed by atoms with E-state index in [1.807, 2.05) is 31.7 Å². The number of rotatable bonds is 2. The number of amides is 1. The highest BCUT2D eigenvalue weighted by molar-refractivity contribution is 5.95. The van der Waals surface area contributed by atoms with Crippen molar-refractivity contribution in [2.75, 3.05) is 33.0 Å². The summed E-state index contributed by atoms with van der Waals surface area (Å²) in [5.74, 6) is 2.89. The number of allylic oxidation sites excluding steroid dienone is 1. The summed E-state index contributed by atoms with van der Waals surface area (Å²) in [7, 11) is 0. The number of hydrogen-bond acceptors (Lipinski definition) is 6. The van der Waals surface area contributed by atoms with Crippen molar-refractivity contribution < 1.29 is 23.7 Å². The van der Waals surface area contributed by atoms with E-state index < -0.39 is 0 Å². The second-order valence-corrected chi connectivity index (χ2v) is 10.1. The summed E-state index contributed by atoms with van der Waals surface area (Å²) in [6.45, 7) is 8.89. The molecule has 8 heteroatoms. The quantitative estimate of drug-likeness (QED) is 0.676. The first-order valence-corrected chi connectivity index (χ1v) is 12.2. The molecule has 0 saturated carbocycles. The summed E-state index contributed by atoms with van der Waals surface area (Å²) in [6, 6.07) is 4.11. The van der Waals surface area contributed by atoms with Crippen molar-refractivity contribution in [2.24, 2.45) is 0 Å². The lowest BCUT2D eigenvalue weighted by Crippen LogP contribution is -2.55. The van der Waals surface area contributed by atoms with Crippen molar-refractivity contribution in [3.63, 3.8) is 0 Å². The number of nitrogens with zero attached hydrogens (tertiary/aromatic N) is 3. The molecule has 1 fully saturated rings. The Morgan fingerprint density at radius 2 is 2.03 bits per heavy atom. The Kier molecular flexibility index (Phi) is 5.09. The van der Waals surface area contributed by atoms with E-state index in [2.05, 4.69) is 16.7 Å². The van der Waals surface area contributed by atoms with Gasteiger partial charge in [0.05, 0.1) is 36.7 Å². The summed E-state index contributed by atoms with van der Waals surface area (Å²) in [6.07, 6.45) is 5.51. The average molecular weight is 466 g/mol. The van der Waals surface area contributed by atoms with Gasteiger partial charge in [-0.25, -0.2) is 4.98 Å². The van der Waals surface area contributed by atoms with Crippen LogP contribution in [0.5, 0.6) is 11.5 Å². The van der Waals surface area contributed by atoms with Gasteiger partial charge in [-0.15, -0.1) is 0 Å². The largest absolute Gasteiger partial charge is 0.490 e. The van der Waals surface area contributed by atoms with Crippen LogP contribution < -0.4 is 9.47 Å². The van der Waals surface area contributed by atoms with Crippen molar-refractivity contribution >= 4 is 11.7 Å². The van der Waals surface area contributed by atoms with Crippen molar-refractivity contribution in [1.29, 1.82) is 0 Å². The summed E-state index contributed by atoms with van der Waals surface area (Å²) in [5, 5.41) is 0. The van der Waals surface area contributed by atoms with Crippen molar-refractivity contribution in [3.8, 4) is 17.2 Å². The van der Waals surface area contributed by atoms with Crippen LogP contribution in [-0.4, -0.2) is 65.0 Å². The highest BCUT2D eigenvalue weighted by Gasteiger charge is 2.39. The van der Waals surface area contributed by atoms with E-state index in [4.69, 9.17) is 23.9 Å². The number of aromatic nitrogens is 2. The molecule has 1 aromatic carbocycles. The molecule has 8 nitrogen and oxygen atoms in total. The monoisotopic (exact) mass is 465 g/mol. The second-order valence-electron chi connectivity index (χ2n) is 10.1. The van der Waals surface area contributed by atoms with Crippen LogP contribution in [0, 0.1) is 0 Å². The predicted molar refractivity (Wildman–Crippen MR) is 126 cm³/mol. The van der Waals surface area contributed by atoms with Gasteiger partial charge in [0.2, 0.25) is 0 Å². The third kappa shape index (κ3) is 3.47. The van der Waals surface area contributed by atoms with E-state index in [0.717, 1.165) is 59.9 Å². The molecule has 5 heterocycles. The maximum Gasteiger partial charge on any atom is 0.274 e. The van der Waals surface area contributed by atoms with Gasteiger partial charge in [0.1, 0.15) is 12.7 Å². The van der Waals surface area contributed by atoms with Crippen LogP contribution in [0.15, 0.2) is 18.2 Å². The fourth-order valence-electron chi connectivity index (χ4n) is 5.27. The van der Waals surface area contributed by atoms with Gasteiger partial charge >= 0.3 is 0 Å². The number of imidazole rings is 1. The molecule has 0 radical (unpaired) electrons. The summed E-state index contributed by atoms with van der Waals surface area (Å²) < 4.78 is 25.8. The molecular formula is C26H31N3O5. The number of hydrogen-bond donors (Lipinski definition) is 0. The predicted octanol–water partition coefficient (Wildman–Crippen LogP) is 3.53. The molecule has 0 aliphatic carbocycles. The van der Waals surface area contributed by atoms with Crippen LogP contribution in [0.2, 0.25) is 0 Å². The maximum absolute atomic E-state index is 13.9. The zero-order valence-electron chi connectivity index (χ0n) is 20.1. The summed E-state index contributed by atoms with van der Waals surface area (Å²) in [4.78, 5) is 20.7. The second kappa shape index (κ2) is 8.05. The molecule has 1 aromatic heterocycles. The van der Waals surface area contributed by atoms with E-state index in [-0.39, 0.29) is 17.6 Å². The first-order valence-electron chi connectivity index (χ1n) is 12.2. The highest BCUT2D eigenvalue weighted by atomic mass is 16.6. The first-order chi connectivity index (χ1) is 16.4. The minimum Gasteiger partial charge on any atom is -0.490 e. The normalized spacial score (nSPS) is 22.9. The molecule has 1 atom stereocenters. The average Bonchev–Trinajstić information content (AvgIpc) is 3.23. The topological polar surface area (TPSA) is 75.1 Å². The molecule has 6 rings (SSSR count). The fourth-order valence-corrected chi connectivity index (χ4v) is 5.27. The number of benzene rings is 1. The smallest absolute Gasteiger partial charge is 0.274 e. The summed E-state index contributed by atoms with van der Waals surface area (Å²) in [5.41, 5.74) is 3.18. The van der Waals surface area contributed by atoms with Gasteiger partial charge in [0.25, 0.3) is 5.91 Å². The van der Waals surface area contributed by atoms with E-state index in [9.17, 15) is 4.79 Å². The molecule has 34 heavy (non-hydrogen) atoms. The Balaban J connectivity index is 1.50. The van der Waals surface area contributed by atoms with Crippen LogP contribution in [-0.2, 0) is 22.3 Å². The molecule has 0 N–H and O–H groups in total. The lowest BCUT2D eigenvalue weighted by atomic mass is 9.98. The van der Waals surface area contributed by atoms with Crippen LogP contribution in [0.1, 0.15) is 61.2 Å². The van der Waals surface area contributed by atoms with Crippen LogP contribution in [0.3, 0.4) is 0 Å². The fraction of sp³-hybridized carbons (Fsp3) is 0.538. The van der Waals surface area contributed by atoms with Crippen LogP contribution in [0.25, 0.3) is 11.4 Å². The zero-order chi connectivity index (χ0) is 23.4. The molecule has 4 aliphatic rings. The van der Waals surface area contributed by atoms with E-state index in [1.54, 1.807) is 0 Å². The number of fused-ring (bicyclic) bond motifs is 4. The number of carbonyl (C=O) groups excluding carboxylic acids is 1. The van der Waals surface area contributed by atoms with Crippen molar-refractivity contribution in [3.05, 3.63) is 41.0 Å². The van der Waals surface area contributed by atoms with Gasteiger partial charge in [-0.05, 0) is 64.2 Å². The van der Waals surface area contributed by atoms with Gasteiger partial charge < -0.3 is 23.8 Å². The first kappa shape index (κ1) is 21.5. The standard InChI is InChI=1S/C26H31N3O5/c1-16-14-33-21-12-17-7-8-18-23(25(30)28-9-11-31-15-26(28,2)3)27-24(20-6-4-5-10-32-20)29(18)19(17)13-22(21)34-16/h6,12-13,16H,4-5,7-11,14-15H2,1-3H3. The molecule has 4 aliphatic heterocycles. The Bertz CT molecular complexity index is 1180. The highest BCUT2D eigenvalue weighted by Crippen LogP contribution is 2.41. The third-order valence-electron chi connectivity index (χ3n) is 7.04. The molecule has 1 unspecified atom stereocenters. The van der Waals surface area contributed by atoms with Crippen LogP contribution in [0.4, 0.5) is 0 Å². The van der Waals surface area contributed by atoms with Gasteiger partial charge in [-0.1, -0.05) is 0 Å². The minimum atomic E-state index is -0.389. The lowest BCUT2D eigenvalue weighted by Gasteiger charge is -2.41. The molecular weight excluding hydrogens is 434 g/mol. The van der Waals surface area contributed by atoms with Gasteiger partial charge in [-0.3, -0.25) is 9.36 Å². The van der Waals surface area contributed by atoms with Crippen molar-refractivity contribution in [2.45, 2.75) is 58.1 Å². The van der Waals surface area contributed by atoms with Gasteiger partial charge in [0, 0.05) is 12.6 Å². The number of carbonyl (C=O) groups is 1. The molecule has 1 saturated heterocycles. The molecule has 0 spiro atoms. The Morgan fingerprint density at radius 1 is 1.15 bits per heavy atom. The van der Waals surface area contributed by atoms with Crippen LogP contribution >= 0.6 is 0 Å². The summed E-state index contributed by atoms with van der Waals surface area (Å²) >= 11 is 0. The SMILES string of the molecule is CC1COc2cc3c(cc2O1)-n1c(C2=CCCCO2)nc(C(=O)N2CCOCC2(C)C)c1CC3. The van der Waals surface area contributed by atoms with Gasteiger partial charge in [-0.2, -0.15) is 0 Å². The Hall–Kier alpha value is -3.00. The minimum absolute atomic E-state index is 0.0130. The number of ether oxygens (including phenoxy) is 4. The maximum atomic E-state index is 13.9. The third-order valence-corrected chi connectivity index (χ3v) is 7.04. The zero-order valence-corrected chi connectivity index (χ0v) is 20.1. The Labute approximate surface area is 199 Å². The molecule has 0 bridgehead atoms. The lowest BCUT2D eigenvalue weighted by molar-refractivity contribution is -0.0373. The molecule has 2 aromatic rings. The molecule has 180 valence electrons. The number of morpholine rings is 1. The Morgan fingerprint density at radius 3 is 2.82 bits per heavy atom. The molecule has 1 amide bonds. The van der Waals surface area contributed by atoms with Crippen molar-refractivity contribution in [1.82, 2.24) is 14.5 Å². The number of aryl methyl sites for hydroxylation is 1. The van der Waals surface area contributed by atoms with E-state index in [1.165, 1.54) is 0 Å². The van der Waals surface area contributed by atoms with E-state index in [0.29, 0.717) is 44.5 Å². The van der Waals surface area contributed by atoms with E-state index >= 15 is 0 Å². The van der Waals surface area contributed by atoms with Gasteiger partial charge in [0.15, 0.2) is 28.8 Å².